The van der Waals surface area contributed by atoms with Gasteiger partial charge in [0.15, 0.2) is 0 Å². The summed E-state index contributed by atoms with van der Waals surface area (Å²) in [7, 11) is 0. The summed E-state index contributed by atoms with van der Waals surface area (Å²) < 4.78 is 0. The van der Waals surface area contributed by atoms with Crippen LogP contribution >= 0.6 is 0 Å². The molecule has 1 aliphatic rings. The van der Waals surface area contributed by atoms with E-state index < -0.39 is 5.97 Å². The number of hydrogen-bond donors (Lipinski definition) is 1. The summed E-state index contributed by atoms with van der Waals surface area (Å²) in [5.41, 5.74) is 1.90. The van der Waals surface area contributed by atoms with Crippen LogP contribution in [0.3, 0.4) is 0 Å². The molecule has 2 aromatic rings. The Kier molecular flexibility index (Phi) is 5.02. The molecular weight excluding hydrogens is 332 g/mol. The molecule has 6 nitrogen and oxygen atoms in total. The second-order valence-corrected chi connectivity index (χ2v) is 6.30. The highest BCUT2D eigenvalue weighted by atomic mass is 16.4. The molecule has 0 spiro atoms. The Balaban J connectivity index is 1.67. The van der Waals surface area contributed by atoms with E-state index in [1.807, 2.05) is 19.1 Å². The zero-order chi connectivity index (χ0) is 18.7. The highest BCUT2D eigenvalue weighted by molar-refractivity contribution is 6.04. The summed E-state index contributed by atoms with van der Waals surface area (Å²) in [6.45, 7) is 3.57. The molecule has 1 N–H and O–H groups in total. The van der Waals surface area contributed by atoms with Gasteiger partial charge in [0, 0.05) is 31.7 Å². The number of carboxylic acid groups (broad SMARTS) is 1. The van der Waals surface area contributed by atoms with E-state index in [4.69, 9.17) is 0 Å². The van der Waals surface area contributed by atoms with Crippen LogP contribution < -0.4 is 0 Å². The molecule has 0 atom stereocenters. The number of aromatic carboxylic acids is 1. The van der Waals surface area contributed by atoms with Gasteiger partial charge in [0.1, 0.15) is 0 Å². The summed E-state index contributed by atoms with van der Waals surface area (Å²) in [6, 6.07) is 13.6. The smallest absolute Gasteiger partial charge is 0.336 e. The summed E-state index contributed by atoms with van der Waals surface area (Å²) in [5.74, 6) is -1.49. The van der Waals surface area contributed by atoms with Crippen LogP contribution in [0.25, 0.3) is 0 Å². The van der Waals surface area contributed by atoms with Crippen molar-refractivity contribution in [2.75, 3.05) is 26.2 Å². The SMILES string of the molecule is Cc1ccc(C(=O)N2CCN(C(=O)c3ccccc3C(=O)O)CC2)cc1. The van der Waals surface area contributed by atoms with Gasteiger partial charge in [-0.1, -0.05) is 29.8 Å². The molecule has 0 bridgehead atoms. The standard InChI is InChI=1S/C20H20N2O4/c1-14-6-8-15(9-7-14)18(23)21-10-12-22(13-11-21)19(24)16-4-2-3-5-17(16)20(25)26/h2-9H,10-13H2,1H3,(H,25,26). The molecule has 1 fully saturated rings. The third-order valence-corrected chi connectivity index (χ3v) is 4.54. The van der Waals surface area contributed by atoms with Gasteiger partial charge in [-0.3, -0.25) is 9.59 Å². The lowest BCUT2D eigenvalue weighted by Crippen LogP contribution is -2.50. The second kappa shape index (κ2) is 7.39. The first kappa shape index (κ1) is 17.7. The Bertz CT molecular complexity index is 837. The van der Waals surface area contributed by atoms with Gasteiger partial charge in [0.05, 0.1) is 11.1 Å². The van der Waals surface area contributed by atoms with Crippen molar-refractivity contribution >= 4 is 17.8 Å². The van der Waals surface area contributed by atoms with Crippen LogP contribution in [0.15, 0.2) is 48.5 Å². The number of carbonyl (C=O) groups is 3. The zero-order valence-electron chi connectivity index (χ0n) is 14.5. The molecule has 2 aromatic carbocycles. The number of carbonyl (C=O) groups excluding carboxylic acids is 2. The number of rotatable bonds is 3. The quantitative estimate of drug-likeness (QED) is 0.919. The fourth-order valence-corrected chi connectivity index (χ4v) is 3.02. The number of hydrogen-bond acceptors (Lipinski definition) is 3. The average molecular weight is 352 g/mol. The minimum atomic E-state index is -1.12. The van der Waals surface area contributed by atoms with Gasteiger partial charge >= 0.3 is 5.97 Å². The Labute approximate surface area is 151 Å². The number of aryl methyl sites for hydroxylation is 1. The molecule has 0 aromatic heterocycles. The number of piperazine rings is 1. The first-order valence-electron chi connectivity index (χ1n) is 8.45. The van der Waals surface area contributed by atoms with E-state index >= 15 is 0 Å². The van der Waals surface area contributed by atoms with Crippen LogP contribution in [0.1, 0.15) is 36.6 Å². The Morgan fingerprint density at radius 1 is 0.769 bits per heavy atom. The first-order valence-corrected chi connectivity index (χ1v) is 8.45. The largest absolute Gasteiger partial charge is 0.478 e. The fraction of sp³-hybridized carbons (Fsp3) is 0.250. The van der Waals surface area contributed by atoms with Gasteiger partial charge in [-0.25, -0.2) is 4.79 Å². The van der Waals surface area contributed by atoms with Crippen molar-refractivity contribution in [2.24, 2.45) is 0 Å². The van der Waals surface area contributed by atoms with Crippen molar-refractivity contribution in [3.63, 3.8) is 0 Å². The minimum absolute atomic E-state index is 0.00402. The van der Waals surface area contributed by atoms with Crippen molar-refractivity contribution in [2.45, 2.75) is 6.92 Å². The second-order valence-electron chi connectivity index (χ2n) is 6.30. The maximum atomic E-state index is 12.7. The highest BCUT2D eigenvalue weighted by Crippen LogP contribution is 2.15. The van der Waals surface area contributed by atoms with Crippen LogP contribution in [-0.4, -0.2) is 58.9 Å². The molecule has 1 aliphatic heterocycles. The Morgan fingerprint density at radius 2 is 1.27 bits per heavy atom. The summed E-state index contributed by atoms with van der Waals surface area (Å²) in [4.78, 5) is 39.8. The van der Waals surface area contributed by atoms with Crippen molar-refractivity contribution in [1.29, 1.82) is 0 Å². The highest BCUT2D eigenvalue weighted by Gasteiger charge is 2.27. The van der Waals surface area contributed by atoms with Crippen molar-refractivity contribution < 1.29 is 19.5 Å². The molecule has 134 valence electrons. The van der Waals surface area contributed by atoms with E-state index in [0.29, 0.717) is 31.7 Å². The van der Waals surface area contributed by atoms with Crippen LogP contribution in [0, 0.1) is 6.92 Å². The van der Waals surface area contributed by atoms with Crippen LogP contribution in [0.5, 0.6) is 0 Å². The van der Waals surface area contributed by atoms with E-state index in [1.165, 1.54) is 12.1 Å². The van der Waals surface area contributed by atoms with Crippen molar-refractivity contribution in [1.82, 2.24) is 9.80 Å². The number of carboxylic acids is 1. The molecule has 26 heavy (non-hydrogen) atoms. The van der Waals surface area contributed by atoms with E-state index in [2.05, 4.69) is 0 Å². The number of nitrogens with zero attached hydrogens (tertiary/aromatic N) is 2. The molecule has 1 saturated heterocycles. The zero-order valence-corrected chi connectivity index (χ0v) is 14.5. The van der Waals surface area contributed by atoms with Crippen LogP contribution in [0.2, 0.25) is 0 Å². The summed E-state index contributed by atoms with van der Waals surface area (Å²) in [5, 5.41) is 9.25. The van der Waals surface area contributed by atoms with Crippen LogP contribution in [-0.2, 0) is 0 Å². The lowest BCUT2D eigenvalue weighted by atomic mass is 10.1. The van der Waals surface area contributed by atoms with Gasteiger partial charge in [-0.15, -0.1) is 0 Å². The van der Waals surface area contributed by atoms with Crippen LogP contribution in [0.4, 0.5) is 0 Å². The third-order valence-electron chi connectivity index (χ3n) is 4.54. The topological polar surface area (TPSA) is 77.9 Å². The monoisotopic (exact) mass is 352 g/mol. The number of benzene rings is 2. The molecule has 0 saturated carbocycles. The molecular formula is C20H20N2O4. The predicted molar refractivity (Wildman–Crippen MR) is 96.4 cm³/mol. The molecule has 2 amide bonds. The van der Waals surface area contributed by atoms with Crippen molar-refractivity contribution in [3.8, 4) is 0 Å². The van der Waals surface area contributed by atoms with Gasteiger partial charge in [-0.2, -0.15) is 0 Å². The van der Waals surface area contributed by atoms with Gasteiger partial charge < -0.3 is 14.9 Å². The van der Waals surface area contributed by atoms with E-state index in [-0.39, 0.29) is 22.9 Å². The molecule has 0 aliphatic carbocycles. The summed E-state index contributed by atoms with van der Waals surface area (Å²) in [6.07, 6.45) is 0. The van der Waals surface area contributed by atoms with Gasteiger partial charge in [-0.05, 0) is 31.2 Å². The minimum Gasteiger partial charge on any atom is -0.478 e. The third kappa shape index (κ3) is 3.59. The predicted octanol–water partition coefficient (Wildman–Crippen LogP) is 2.29. The Morgan fingerprint density at radius 3 is 1.81 bits per heavy atom. The van der Waals surface area contributed by atoms with E-state index in [0.717, 1.165) is 5.56 Å². The maximum Gasteiger partial charge on any atom is 0.336 e. The van der Waals surface area contributed by atoms with E-state index in [9.17, 15) is 19.5 Å². The van der Waals surface area contributed by atoms with Gasteiger partial charge in [0.25, 0.3) is 11.8 Å². The molecule has 0 unspecified atom stereocenters. The normalized spacial score (nSPS) is 14.2. The summed E-state index contributed by atoms with van der Waals surface area (Å²) >= 11 is 0. The number of amides is 2. The Hall–Kier alpha value is -3.15. The molecule has 1 heterocycles. The van der Waals surface area contributed by atoms with Gasteiger partial charge in [0.2, 0.25) is 0 Å². The lowest BCUT2D eigenvalue weighted by Gasteiger charge is -2.35. The molecule has 0 radical (unpaired) electrons. The fourth-order valence-electron chi connectivity index (χ4n) is 3.02. The average Bonchev–Trinajstić information content (AvgIpc) is 2.67. The van der Waals surface area contributed by atoms with E-state index in [1.54, 1.807) is 34.1 Å². The first-order chi connectivity index (χ1) is 12.5. The molecule has 3 rings (SSSR count). The van der Waals surface area contributed by atoms with Crippen molar-refractivity contribution in [3.05, 3.63) is 70.8 Å². The maximum absolute atomic E-state index is 12.7. The molecule has 6 heteroatoms. The lowest BCUT2D eigenvalue weighted by molar-refractivity contribution is 0.0531.